The van der Waals surface area contributed by atoms with Gasteiger partial charge in [-0.2, -0.15) is 11.8 Å². The Morgan fingerprint density at radius 2 is 2.11 bits per heavy atom. The molecule has 108 valence electrons. The number of nitrogens with zero attached hydrogens (tertiary/aromatic N) is 2. The van der Waals surface area contributed by atoms with Crippen molar-refractivity contribution in [1.82, 2.24) is 15.1 Å². The molecule has 0 radical (unpaired) electrons. The van der Waals surface area contributed by atoms with Crippen LogP contribution in [0.3, 0.4) is 0 Å². The van der Waals surface area contributed by atoms with E-state index in [1.807, 2.05) is 0 Å². The van der Waals surface area contributed by atoms with Gasteiger partial charge in [-0.3, -0.25) is 14.6 Å². The van der Waals surface area contributed by atoms with Gasteiger partial charge in [0.25, 0.3) is 0 Å². The summed E-state index contributed by atoms with van der Waals surface area (Å²) in [5.41, 5.74) is -0.223. The van der Waals surface area contributed by atoms with Crippen LogP contribution in [-0.4, -0.2) is 72.0 Å². The SMILES string of the molecule is CN1CCCNC(=O)C12CCN([C@@H]1CCSC1)CC2. The van der Waals surface area contributed by atoms with Crippen LogP contribution in [0.2, 0.25) is 0 Å². The molecule has 19 heavy (non-hydrogen) atoms. The van der Waals surface area contributed by atoms with E-state index in [0.717, 1.165) is 51.5 Å². The fraction of sp³-hybridized carbons (Fsp3) is 0.929. The summed E-state index contributed by atoms with van der Waals surface area (Å²) in [7, 11) is 2.13. The summed E-state index contributed by atoms with van der Waals surface area (Å²) in [6, 6.07) is 0.765. The Labute approximate surface area is 120 Å². The smallest absolute Gasteiger partial charge is 0.240 e. The number of thioether (sulfide) groups is 1. The number of hydrogen-bond acceptors (Lipinski definition) is 4. The average Bonchev–Trinajstić information content (AvgIpc) is 2.93. The largest absolute Gasteiger partial charge is 0.354 e. The molecule has 3 fully saturated rings. The van der Waals surface area contributed by atoms with Crippen molar-refractivity contribution < 1.29 is 4.79 Å². The molecule has 0 unspecified atom stereocenters. The van der Waals surface area contributed by atoms with E-state index in [1.165, 1.54) is 17.9 Å². The van der Waals surface area contributed by atoms with Gasteiger partial charge < -0.3 is 5.32 Å². The third-order valence-corrected chi connectivity index (χ3v) is 6.30. The molecule has 0 aromatic heterocycles. The maximum absolute atomic E-state index is 12.5. The molecule has 3 aliphatic rings. The quantitative estimate of drug-likeness (QED) is 0.771. The van der Waals surface area contributed by atoms with Gasteiger partial charge in [0, 0.05) is 38.0 Å². The maximum Gasteiger partial charge on any atom is 0.240 e. The molecule has 3 aliphatic heterocycles. The maximum atomic E-state index is 12.5. The highest BCUT2D eigenvalue weighted by Crippen LogP contribution is 2.33. The van der Waals surface area contributed by atoms with Crippen molar-refractivity contribution in [3.63, 3.8) is 0 Å². The lowest BCUT2D eigenvalue weighted by Crippen LogP contribution is -2.61. The number of rotatable bonds is 1. The molecule has 1 amide bonds. The zero-order valence-corrected chi connectivity index (χ0v) is 12.7. The Hall–Kier alpha value is -0.260. The molecule has 0 aliphatic carbocycles. The van der Waals surface area contributed by atoms with Crippen molar-refractivity contribution in [2.24, 2.45) is 0 Å². The summed E-state index contributed by atoms with van der Waals surface area (Å²) in [5.74, 6) is 2.87. The molecule has 1 N–H and O–H groups in total. The van der Waals surface area contributed by atoms with E-state index in [-0.39, 0.29) is 11.4 Å². The molecule has 0 aromatic rings. The second-order valence-corrected chi connectivity index (χ2v) is 7.27. The summed E-state index contributed by atoms with van der Waals surface area (Å²) in [6.45, 7) is 4.05. The third kappa shape index (κ3) is 2.52. The van der Waals surface area contributed by atoms with E-state index >= 15 is 0 Å². The fourth-order valence-electron chi connectivity index (χ4n) is 3.75. The highest BCUT2D eigenvalue weighted by molar-refractivity contribution is 7.99. The first-order chi connectivity index (χ1) is 9.22. The molecule has 1 spiro atoms. The molecule has 0 bridgehead atoms. The first-order valence-corrected chi connectivity index (χ1v) is 8.69. The lowest BCUT2D eigenvalue weighted by Gasteiger charge is -2.46. The molecule has 0 aromatic carbocycles. The minimum Gasteiger partial charge on any atom is -0.354 e. The van der Waals surface area contributed by atoms with Gasteiger partial charge in [-0.1, -0.05) is 0 Å². The lowest BCUT2D eigenvalue weighted by atomic mass is 9.84. The van der Waals surface area contributed by atoms with Gasteiger partial charge in [0.2, 0.25) is 5.91 Å². The first kappa shape index (κ1) is 13.7. The second kappa shape index (κ2) is 5.62. The van der Waals surface area contributed by atoms with Gasteiger partial charge in [0.1, 0.15) is 5.54 Å². The van der Waals surface area contributed by atoms with Crippen molar-refractivity contribution in [2.75, 3.05) is 44.7 Å². The third-order valence-electron chi connectivity index (χ3n) is 5.16. The predicted molar refractivity (Wildman–Crippen MR) is 79.5 cm³/mol. The number of amides is 1. The summed E-state index contributed by atoms with van der Waals surface area (Å²) >= 11 is 2.08. The number of hydrogen-bond donors (Lipinski definition) is 1. The molecule has 3 rings (SSSR count). The van der Waals surface area contributed by atoms with Crippen molar-refractivity contribution in [1.29, 1.82) is 0 Å². The standard InChI is InChI=1S/C14H25N3OS/c1-16-7-2-6-15-13(18)14(16)4-8-17(9-5-14)12-3-10-19-11-12/h12H,2-11H2,1H3,(H,15,18)/t12-/m1/s1. The van der Waals surface area contributed by atoms with E-state index in [4.69, 9.17) is 0 Å². The molecule has 4 nitrogen and oxygen atoms in total. The van der Waals surface area contributed by atoms with Crippen LogP contribution < -0.4 is 5.32 Å². The zero-order valence-electron chi connectivity index (χ0n) is 11.9. The number of nitrogens with one attached hydrogen (secondary N) is 1. The minimum absolute atomic E-state index is 0.223. The molecule has 5 heteroatoms. The Morgan fingerprint density at radius 1 is 1.32 bits per heavy atom. The molecule has 3 saturated heterocycles. The predicted octanol–water partition coefficient (Wildman–Crippen LogP) is 0.778. The van der Waals surface area contributed by atoms with Crippen molar-refractivity contribution in [2.45, 2.75) is 37.3 Å². The van der Waals surface area contributed by atoms with Crippen LogP contribution in [0.1, 0.15) is 25.7 Å². The van der Waals surface area contributed by atoms with Crippen LogP contribution in [0.25, 0.3) is 0 Å². The van der Waals surface area contributed by atoms with Crippen LogP contribution in [-0.2, 0) is 4.79 Å². The highest BCUT2D eigenvalue weighted by atomic mass is 32.2. The highest BCUT2D eigenvalue weighted by Gasteiger charge is 2.46. The average molecular weight is 283 g/mol. The minimum atomic E-state index is -0.223. The molecular weight excluding hydrogens is 258 g/mol. The van der Waals surface area contributed by atoms with E-state index in [9.17, 15) is 4.79 Å². The summed E-state index contributed by atoms with van der Waals surface area (Å²) in [4.78, 5) is 17.4. The number of carbonyl (C=O) groups excluding carboxylic acids is 1. The van der Waals surface area contributed by atoms with Crippen LogP contribution in [0.15, 0.2) is 0 Å². The van der Waals surface area contributed by atoms with E-state index in [2.05, 4.69) is 33.9 Å². The van der Waals surface area contributed by atoms with Crippen LogP contribution in [0, 0.1) is 0 Å². The van der Waals surface area contributed by atoms with Gasteiger partial charge >= 0.3 is 0 Å². The fourth-order valence-corrected chi connectivity index (χ4v) is 5.00. The Morgan fingerprint density at radius 3 is 2.79 bits per heavy atom. The molecular formula is C14H25N3OS. The first-order valence-electron chi connectivity index (χ1n) is 7.54. The number of piperidine rings is 1. The van der Waals surface area contributed by atoms with E-state index < -0.39 is 0 Å². The van der Waals surface area contributed by atoms with Gasteiger partial charge in [-0.15, -0.1) is 0 Å². The normalized spacial score (nSPS) is 33.3. The number of likely N-dealkylation sites (tertiary alicyclic amines) is 1. The van der Waals surface area contributed by atoms with Crippen LogP contribution in [0.5, 0.6) is 0 Å². The summed E-state index contributed by atoms with van der Waals surface area (Å²) in [5, 5.41) is 3.12. The monoisotopic (exact) mass is 283 g/mol. The van der Waals surface area contributed by atoms with Crippen LogP contribution >= 0.6 is 11.8 Å². The second-order valence-electron chi connectivity index (χ2n) is 6.12. The Bertz CT molecular complexity index is 336. The van der Waals surface area contributed by atoms with Crippen molar-refractivity contribution in [3.8, 4) is 0 Å². The van der Waals surface area contributed by atoms with Gasteiger partial charge in [0.05, 0.1) is 0 Å². The van der Waals surface area contributed by atoms with Crippen molar-refractivity contribution >= 4 is 17.7 Å². The number of carbonyl (C=O) groups is 1. The summed E-state index contributed by atoms with van der Waals surface area (Å²) < 4.78 is 0. The van der Waals surface area contributed by atoms with Crippen LogP contribution in [0.4, 0.5) is 0 Å². The molecule has 0 saturated carbocycles. The lowest BCUT2D eigenvalue weighted by molar-refractivity contribution is -0.135. The zero-order chi connectivity index (χ0) is 13.3. The molecule has 1 atom stereocenters. The van der Waals surface area contributed by atoms with Crippen molar-refractivity contribution in [3.05, 3.63) is 0 Å². The number of likely N-dealkylation sites (N-methyl/N-ethyl adjacent to an activating group) is 1. The van der Waals surface area contributed by atoms with E-state index in [1.54, 1.807) is 0 Å². The Kier molecular flexibility index (Phi) is 4.06. The summed E-state index contributed by atoms with van der Waals surface area (Å²) in [6.07, 6.45) is 4.40. The Balaban J connectivity index is 1.67. The van der Waals surface area contributed by atoms with E-state index in [0.29, 0.717) is 0 Å². The van der Waals surface area contributed by atoms with Gasteiger partial charge in [-0.25, -0.2) is 0 Å². The topological polar surface area (TPSA) is 35.6 Å². The van der Waals surface area contributed by atoms with Gasteiger partial charge in [0.15, 0.2) is 0 Å². The van der Waals surface area contributed by atoms with Gasteiger partial charge in [-0.05, 0) is 38.5 Å². The molecule has 3 heterocycles.